The molecular weight excluding hydrogens is 318 g/mol. The largest absolute Gasteiger partial charge is 0.379 e. The van der Waals surface area contributed by atoms with Crippen molar-refractivity contribution >= 4 is 34.6 Å². The van der Waals surface area contributed by atoms with Crippen LogP contribution in [0.5, 0.6) is 0 Å². The number of hydrogen-bond acceptors (Lipinski definition) is 3. The van der Waals surface area contributed by atoms with Crippen LogP contribution in [0.25, 0.3) is 0 Å². The monoisotopic (exact) mass is 328 g/mol. The normalized spacial score (nSPS) is 10.4. The summed E-state index contributed by atoms with van der Waals surface area (Å²) in [6.45, 7) is 0.381. The van der Waals surface area contributed by atoms with Crippen molar-refractivity contribution in [2.24, 2.45) is 0 Å². The predicted octanol–water partition coefficient (Wildman–Crippen LogP) is 4.70. The predicted molar refractivity (Wildman–Crippen MR) is 81.7 cm³/mol. The number of nitro groups is 1. The quantitative estimate of drug-likeness (QED) is 0.639. The van der Waals surface area contributed by atoms with Gasteiger partial charge in [-0.25, -0.2) is 0 Å². The lowest BCUT2D eigenvalue weighted by molar-refractivity contribution is -0.386. The molecular formula is C14H11Cl2FN2O2. The summed E-state index contributed by atoms with van der Waals surface area (Å²) in [6, 6.07) is 9.06. The molecule has 21 heavy (non-hydrogen) atoms. The molecule has 2 rings (SSSR count). The fourth-order valence-electron chi connectivity index (χ4n) is 1.90. The van der Waals surface area contributed by atoms with E-state index < -0.39 is 16.4 Å². The standard InChI is InChI=1S/C14H11Cl2FN2O2/c15-10-5-4-9(11(16)8-10)6-7-18-13-3-1-2-12(17)14(13)19(20)21/h1-5,8,18H,6-7H2. The third-order valence-electron chi connectivity index (χ3n) is 2.89. The second kappa shape index (κ2) is 6.74. The SMILES string of the molecule is O=[N+]([O-])c1c(F)cccc1NCCc1ccc(Cl)cc1Cl. The van der Waals surface area contributed by atoms with Crippen LogP contribution < -0.4 is 5.32 Å². The molecule has 0 saturated carbocycles. The van der Waals surface area contributed by atoms with E-state index in [1.807, 2.05) is 0 Å². The van der Waals surface area contributed by atoms with Gasteiger partial charge in [-0.2, -0.15) is 4.39 Å². The summed E-state index contributed by atoms with van der Waals surface area (Å²) >= 11 is 11.8. The Morgan fingerprint density at radius 2 is 2.00 bits per heavy atom. The van der Waals surface area contributed by atoms with E-state index in [9.17, 15) is 14.5 Å². The maximum atomic E-state index is 13.4. The van der Waals surface area contributed by atoms with Crippen LogP contribution in [0.4, 0.5) is 15.8 Å². The molecule has 0 aromatic heterocycles. The number of nitrogens with zero attached hydrogens (tertiary/aromatic N) is 1. The summed E-state index contributed by atoms with van der Waals surface area (Å²) in [6.07, 6.45) is 0.531. The van der Waals surface area contributed by atoms with E-state index in [0.29, 0.717) is 23.0 Å². The van der Waals surface area contributed by atoms with Gasteiger partial charge in [0.1, 0.15) is 5.69 Å². The molecule has 0 unspecified atom stereocenters. The molecule has 110 valence electrons. The third-order valence-corrected chi connectivity index (χ3v) is 3.48. The number of rotatable bonds is 5. The fourth-order valence-corrected chi connectivity index (χ4v) is 2.40. The summed E-state index contributed by atoms with van der Waals surface area (Å²) < 4.78 is 13.4. The van der Waals surface area contributed by atoms with E-state index in [-0.39, 0.29) is 5.69 Å². The summed E-state index contributed by atoms with van der Waals surface area (Å²) in [5.41, 5.74) is 0.442. The first kappa shape index (κ1) is 15.5. The maximum absolute atomic E-state index is 13.4. The minimum atomic E-state index is -0.866. The molecule has 0 aliphatic carbocycles. The van der Waals surface area contributed by atoms with Gasteiger partial charge in [-0.05, 0) is 36.2 Å². The van der Waals surface area contributed by atoms with Crippen molar-refractivity contribution in [1.82, 2.24) is 0 Å². The zero-order chi connectivity index (χ0) is 15.4. The molecule has 0 aliphatic heterocycles. The molecule has 0 spiro atoms. The Balaban J connectivity index is 2.07. The van der Waals surface area contributed by atoms with Gasteiger partial charge in [0.25, 0.3) is 0 Å². The Labute approximate surface area is 130 Å². The van der Waals surface area contributed by atoms with Gasteiger partial charge in [-0.15, -0.1) is 0 Å². The number of nitrogens with one attached hydrogen (secondary N) is 1. The highest BCUT2D eigenvalue weighted by Crippen LogP contribution is 2.27. The Bertz CT molecular complexity index is 680. The van der Waals surface area contributed by atoms with E-state index in [1.165, 1.54) is 12.1 Å². The molecule has 0 fully saturated rings. The minimum Gasteiger partial charge on any atom is -0.379 e. The summed E-state index contributed by atoms with van der Waals surface area (Å²) in [5.74, 6) is -0.866. The number of nitro benzene ring substituents is 1. The molecule has 0 radical (unpaired) electrons. The Morgan fingerprint density at radius 1 is 1.24 bits per heavy atom. The highest BCUT2D eigenvalue weighted by molar-refractivity contribution is 6.35. The molecule has 7 heteroatoms. The zero-order valence-corrected chi connectivity index (χ0v) is 12.3. The molecule has 2 aromatic rings. The van der Waals surface area contributed by atoms with Crippen molar-refractivity contribution in [2.75, 3.05) is 11.9 Å². The Kier molecular flexibility index (Phi) is 4.98. The van der Waals surface area contributed by atoms with Gasteiger partial charge in [0, 0.05) is 16.6 Å². The molecule has 0 saturated heterocycles. The van der Waals surface area contributed by atoms with Crippen molar-refractivity contribution in [2.45, 2.75) is 6.42 Å². The van der Waals surface area contributed by atoms with Crippen LogP contribution in [0.3, 0.4) is 0 Å². The summed E-state index contributed by atoms with van der Waals surface area (Å²) in [7, 11) is 0. The second-order valence-electron chi connectivity index (χ2n) is 4.31. The summed E-state index contributed by atoms with van der Waals surface area (Å²) in [4.78, 5) is 10.1. The molecule has 0 atom stereocenters. The van der Waals surface area contributed by atoms with E-state index in [4.69, 9.17) is 23.2 Å². The lowest BCUT2D eigenvalue weighted by Crippen LogP contribution is -2.08. The van der Waals surface area contributed by atoms with Crippen LogP contribution in [-0.4, -0.2) is 11.5 Å². The van der Waals surface area contributed by atoms with E-state index in [0.717, 1.165) is 11.6 Å². The average Bonchev–Trinajstić information content (AvgIpc) is 2.41. The number of halogens is 3. The second-order valence-corrected chi connectivity index (χ2v) is 5.15. The van der Waals surface area contributed by atoms with Gasteiger partial charge in [0.05, 0.1) is 4.92 Å². The topological polar surface area (TPSA) is 55.2 Å². The first-order valence-electron chi connectivity index (χ1n) is 6.09. The Hall–Kier alpha value is -1.85. The Morgan fingerprint density at radius 3 is 2.67 bits per heavy atom. The van der Waals surface area contributed by atoms with Crippen LogP contribution in [0, 0.1) is 15.9 Å². The van der Waals surface area contributed by atoms with Gasteiger partial charge < -0.3 is 5.32 Å². The average molecular weight is 329 g/mol. The van der Waals surface area contributed by atoms with E-state index >= 15 is 0 Å². The van der Waals surface area contributed by atoms with Gasteiger partial charge in [-0.1, -0.05) is 35.3 Å². The molecule has 1 N–H and O–H groups in total. The van der Waals surface area contributed by atoms with Crippen molar-refractivity contribution in [3.8, 4) is 0 Å². The minimum absolute atomic E-state index is 0.144. The molecule has 0 bridgehead atoms. The number of para-hydroxylation sites is 1. The van der Waals surface area contributed by atoms with E-state index in [1.54, 1.807) is 18.2 Å². The van der Waals surface area contributed by atoms with Crippen molar-refractivity contribution in [3.63, 3.8) is 0 Å². The number of anilines is 1. The van der Waals surface area contributed by atoms with Crippen LogP contribution in [0.2, 0.25) is 10.0 Å². The van der Waals surface area contributed by atoms with Crippen molar-refractivity contribution in [1.29, 1.82) is 0 Å². The van der Waals surface area contributed by atoms with E-state index in [2.05, 4.69) is 5.32 Å². The fraction of sp³-hybridized carbons (Fsp3) is 0.143. The van der Waals surface area contributed by atoms with Crippen LogP contribution in [-0.2, 0) is 6.42 Å². The lowest BCUT2D eigenvalue weighted by atomic mass is 10.1. The van der Waals surface area contributed by atoms with Crippen molar-refractivity contribution in [3.05, 3.63) is 67.9 Å². The molecule has 0 amide bonds. The molecule has 0 aliphatic rings. The van der Waals surface area contributed by atoms with Crippen LogP contribution >= 0.6 is 23.2 Å². The highest BCUT2D eigenvalue weighted by atomic mass is 35.5. The lowest BCUT2D eigenvalue weighted by Gasteiger charge is -2.08. The first-order chi connectivity index (χ1) is 9.99. The molecule has 0 heterocycles. The van der Waals surface area contributed by atoms with Gasteiger partial charge >= 0.3 is 5.69 Å². The first-order valence-corrected chi connectivity index (χ1v) is 6.85. The van der Waals surface area contributed by atoms with Crippen LogP contribution in [0.15, 0.2) is 36.4 Å². The van der Waals surface area contributed by atoms with Gasteiger partial charge in [0.2, 0.25) is 5.82 Å². The van der Waals surface area contributed by atoms with Crippen molar-refractivity contribution < 1.29 is 9.31 Å². The molecule has 4 nitrogen and oxygen atoms in total. The van der Waals surface area contributed by atoms with Crippen LogP contribution in [0.1, 0.15) is 5.56 Å². The zero-order valence-electron chi connectivity index (χ0n) is 10.8. The molecule has 2 aromatic carbocycles. The number of hydrogen-bond donors (Lipinski definition) is 1. The summed E-state index contributed by atoms with van der Waals surface area (Å²) in [5, 5.41) is 14.8. The van der Waals surface area contributed by atoms with Gasteiger partial charge in [-0.3, -0.25) is 10.1 Å². The highest BCUT2D eigenvalue weighted by Gasteiger charge is 2.19. The third kappa shape index (κ3) is 3.83. The number of benzene rings is 2. The smallest absolute Gasteiger partial charge is 0.327 e. The maximum Gasteiger partial charge on any atom is 0.327 e. The van der Waals surface area contributed by atoms with Gasteiger partial charge in [0.15, 0.2) is 0 Å².